The Morgan fingerprint density at radius 3 is 2.64 bits per heavy atom. The standard InChI is InChI=1S/C10H14N2O2/c11-9(10(14)12-6-7-13)8-4-2-1-3-5-8/h1-5,9,13H,6-7,11H2,(H,12,14)/t9-/m0/s1. The molecule has 0 fully saturated rings. The average molecular weight is 194 g/mol. The predicted molar refractivity (Wildman–Crippen MR) is 53.5 cm³/mol. The molecule has 0 aliphatic rings. The molecule has 1 amide bonds. The van der Waals surface area contributed by atoms with Gasteiger partial charge in [0.1, 0.15) is 6.04 Å². The number of nitrogens with two attached hydrogens (primary N) is 1. The van der Waals surface area contributed by atoms with Crippen molar-refractivity contribution < 1.29 is 9.90 Å². The second kappa shape index (κ2) is 5.36. The molecular weight excluding hydrogens is 180 g/mol. The van der Waals surface area contributed by atoms with Crippen molar-refractivity contribution >= 4 is 5.91 Å². The van der Waals surface area contributed by atoms with Crippen LogP contribution in [0.3, 0.4) is 0 Å². The summed E-state index contributed by atoms with van der Waals surface area (Å²) in [5.41, 5.74) is 6.45. The number of amides is 1. The van der Waals surface area contributed by atoms with Crippen LogP contribution in [0.25, 0.3) is 0 Å². The molecule has 0 saturated heterocycles. The molecule has 0 saturated carbocycles. The Bertz CT molecular complexity index is 287. The molecule has 4 heteroatoms. The molecule has 14 heavy (non-hydrogen) atoms. The first-order valence-corrected chi connectivity index (χ1v) is 4.45. The van der Waals surface area contributed by atoms with Crippen molar-refractivity contribution in [1.82, 2.24) is 5.32 Å². The van der Waals surface area contributed by atoms with Crippen molar-refractivity contribution in [2.75, 3.05) is 13.2 Å². The Kier molecular flexibility index (Phi) is 4.10. The van der Waals surface area contributed by atoms with E-state index < -0.39 is 6.04 Å². The summed E-state index contributed by atoms with van der Waals surface area (Å²) < 4.78 is 0. The summed E-state index contributed by atoms with van der Waals surface area (Å²) in [4.78, 5) is 11.4. The van der Waals surface area contributed by atoms with E-state index in [0.717, 1.165) is 5.56 Å². The minimum atomic E-state index is -0.664. The fraction of sp³-hybridized carbons (Fsp3) is 0.300. The molecule has 0 spiro atoms. The van der Waals surface area contributed by atoms with Crippen LogP contribution in [-0.2, 0) is 4.79 Å². The number of carbonyl (C=O) groups is 1. The zero-order chi connectivity index (χ0) is 10.4. The molecule has 1 aromatic rings. The van der Waals surface area contributed by atoms with Gasteiger partial charge in [-0.2, -0.15) is 0 Å². The SMILES string of the molecule is N[C@H](C(=O)NCCO)c1ccccc1. The molecule has 1 atom stereocenters. The first-order chi connectivity index (χ1) is 6.75. The summed E-state index contributed by atoms with van der Waals surface area (Å²) in [5, 5.41) is 11.0. The number of hydrogen-bond acceptors (Lipinski definition) is 3. The number of hydrogen-bond donors (Lipinski definition) is 3. The van der Waals surface area contributed by atoms with Gasteiger partial charge in [-0.05, 0) is 5.56 Å². The van der Waals surface area contributed by atoms with Crippen molar-refractivity contribution in [2.24, 2.45) is 5.73 Å². The maximum Gasteiger partial charge on any atom is 0.241 e. The fourth-order valence-electron chi connectivity index (χ4n) is 1.10. The van der Waals surface area contributed by atoms with Gasteiger partial charge in [-0.15, -0.1) is 0 Å². The van der Waals surface area contributed by atoms with Gasteiger partial charge in [-0.3, -0.25) is 4.79 Å². The Balaban J connectivity index is 2.57. The van der Waals surface area contributed by atoms with Crippen molar-refractivity contribution in [1.29, 1.82) is 0 Å². The number of aliphatic hydroxyl groups is 1. The molecule has 0 bridgehead atoms. The highest BCUT2D eigenvalue weighted by molar-refractivity contribution is 5.82. The van der Waals surface area contributed by atoms with Gasteiger partial charge in [-0.25, -0.2) is 0 Å². The molecular formula is C10H14N2O2. The molecule has 0 unspecified atom stereocenters. The van der Waals surface area contributed by atoms with E-state index in [2.05, 4.69) is 5.32 Å². The number of nitrogens with one attached hydrogen (secondary N) is 1. The zero-order valence-corrected chi connectivity index (χ0v) is 7.81. The van der Waals surface area contributed by atoms with E-state index in [1.54, 1.807) is 12.1 Å². The molecule has 1 rings (SSSR count). The first kappa shape index (κ1) is 10.7. The van der Waals surface area contributed by atoms with E-state index >= 15 is 0 Å². The van der Waals surface area contributed by atoms with Gasteiger partial charge < -0.3 is 16.2 Å². The summed E-state index contributed by atoms with van der Waals surface area (Å²) >= 11 is 0. The molecule has 0 aliphatic carbocycles. The Morgan fingerprint density at radius 2 is 2.07 bits per heavy atom. The minimum absolute atomic E-state index is 0.0761. The lowest BCUT2D eigenvalue weighted by atomic mass is 10.1. The van der Waals surface area contributed by atoms with Crippen LogP contribution in [0, 0.1) is 0 Å². The molecule has 4 nitrogen and oxygen atoms in total. The molecule has 0 aliphatic heterocycles. The lowest BCUT2D eigenvalue weighted by Crippen LogP contribution is -2.35. The van der Waals surface area contributed by atoms with Crippen molar-refractivity contribution in [3.63, 3.8) is 0 Å². The lowest BCUT2D eigenvalue weighted by molar-refractivity contribution is -0.122. The van der Waals surface area contributed by atoms with E-state index in [1.807, 2.05) is 18.2 Å². The minimum Gasteiger partial charge on any atom is -0.395 e. The predicted octanol–water partition coefficient (Wildman–Crippen LogP) is -0.205. The van der Waals surface area contributed by atoms with Crippen molar-refractivity contribution in [2.45, 2.75) is 6.04 Å². The molecule has 4 N–H and O–H groups in total. The van der Waals surface area contributed by atoms with Crippen LogP contribution in [0.15, 0.2) is 30.3 Å². The second-order valence-electron chi connectivity index (χ2n) is 2.90. The molecule has 0 radical (unpaired) electrons. The van der Waals surface area contributed by atoms with E-state index in [1.165, 1.54) is 0 Å². The van der Waals surface area contributed by atoms with Crippen LogP contribution in [0.1, 0.15) is 11.6 Å². The van der Waals surface area contributed by atoms with E-state index in [-0.39, 0.29) is 19.1 Å². The summed E-state index contributed by atoms with van der Waals surface area (Å²) in [6.07, 6.45) is 0. The van der Waals surface area contributed by atoms with Gasteiger partial charge in [0, 0.05) is 6.54 Å². The summed E-state index contributed by atoms with van der Waals surface area (Å²) in [5.74, 6) is -0.273. The van der Waals surface area contributed by atoms with Gasteiger partial charge in [0.15, 0.2) is 0 Å². The van der Waals surface area contributed by atoms with E-state index in [0.29, 0.717) is 0 Å². The van der Waals surface area contributed by atoms with Crippen molar-refractivity contribution in [3.8, 4) is 0 Å². The smallest absolute Gasteiger partial charge is 0.241 e. The third-order valence-corrected chi connectivity index (χ3v) is 1.85. The van der Waals surface area contributed by atoms with Gasteiger partial charge in [-0.1, -0.05) is 30.3 Å². The molecule has 0 aromatic heterocycles. The lowest BCUT2D eigenvalue weighted by Gasteiger charge is -2.11. The largest absolute Gasteiger partial charge is 0.395 e. The van der Waals surface area contributed by atoms with Crippen LogP contribution in [0.2, 0.25) is 0 Å². The Labute approximate surface area is 82.7 Å². The number of aliphatic hydroxyl groups excluding tert-OH is 1. The highest BCUT2D eigenvalue weighted by atomic mass is 16.3. The monoisotopic (exact) mass is 194 g/mol. The number of rotatable bonds is 4. The Hall–Kier alpha value is -1.39. The summed E-state index contributed by atoms with van der Waals surface area (Å²) in [7, 11) is 0. The van der Waals surface area contributed by atoms with Gasteiger partial charge >= 0.3 is 0 Å². The van der Waals surface area contributed by atoms with Gasteiger partial charge in [0.05, 0.1) is 6.61 Å². The highest BCUT2D eigenvalue weighted by Crippen LogP contribution is 2.08. The van der Waals surface area contributed by atoms with E-state index in [4.69, 9.17) is 10.8 Å². The van der Waals surface area contributed by atoms with Crippen LogP contribution in [0.4, 0.5) is 0 Å². The second-order valence-corrected chi connectivity index (χ2v) is 2.90. The third-order valence-electron chi connectivity index (χ3n) is 1.85. The summed E-state index contributed by atoms with van der Waals surface area (Å²) in [6, 6.07) is 8.44. The highest BCUT2D eigenvalue weighted by Gasteiger charge is 2.13. The summed E-state index contributed by atoms with van der Waals surface area (Å²) in [6.45, 7) is 0.159. The van der Waals surface area contributed by atoms with Gasteiger partial charge in [0.25, 0.3) is 0 Å². The van der Waals surface area contributed by atoms with Gasteiger partial charge in [0.2, 0.25) is 5.91 Å². The Morgan fingerprint density at radius 1 is 1.43 bits per heavy atom. The average Bonchev–Trinajstić information content (AvgIpc) is 2.26. The van der Waals surface area contributed by atoms with Crippen LogP contribution < -0.4 is 11.1 Å². The molecule has 76 valence electrons. The molecule has 0 heterocycles. The number of benzene rings is 1. The quantitative estimate of drug-likeness (QED) is 0.621. The van der Waals surface area contributed by atoms with Crippen LogP contribution in [-0.4, -0.2) is 24.2 Å². The zero-order valence-electron chi connectivity index (χ0n) is 7.81. The first-order valence-electron chi connectivity index (χ1n) is 4.45. The maximum atomic E-state index is 11.4. The van der Waals surface area contributed by atoms with E-state index in [9.17, 15) is 4.79 Å². The topological polar surface area (TPSA) is 75.4 Å². The number of carbonyl (C=O) groups excluding carboxylic acids is 1. The molecule has 1 aromatic carbocycles. The fourth-order valence-corrected chi connectivity index (χ4v) is 1.10. The van der Waals surface area contributed by atoms with Crippen LogP contribution >= 0.6 is 0 Å². The third kappa shape index (κ3) is 2.83. The maximum absolute atomic E-state index is 11.4. The van der Waals surface area contributed by atoms with Crippen LogP contribution in [0.5, 0.6) is 0 Å². The van der Waals surface area contributed by atoms with Crippen molar-refractivity contribution in [3.05, 3.63) is 35.9 Å². The normalized spacial score (nSPS) is 12.1.